The van der Waals surface area contributed by atoms with Crippen molar-refractivity contribution in [3.63, 3.8) is 0 Å². The molecule has 1 aromatic carbocycles. The summed E-state index contributed by atoms with van der Waals surface area (Å²) in [5.41, 5.74) is 7.33. The van der Waals surface area contributed by atoms with E-state index in [1.54, 1.807) is 0 Å². The Hall–Kier alpha value is -2.46. The van der Waals surface area contributed by atoms with Crippen molar-refractivity contribution < 1.29 is 19.0 Å². The Kier molecular flexibility index (Phi) is 5.95. The van der Waals surface area contributed by atoms with Crippen molar-refractivity contribution in [1.29, 1.82) is 5.26 Å². The molecule has 1 aliphatic carbocycles. The lowest BCUT2D eigenvalue weighted by Crippen LogP contribution is -2.33. The molecule has 1 aromatic rings. The van der Waals surface area contributed by atoms with Gasteiger partial charge in [-0.05, 0) is 37.0 Å². The number of benzene rings is 1. The maximum absolute atomic E-state index is 13.1. The quantitative estimate of drug-likeness (QED) is 0.683. The van der Waals surface area contributed by atoms with Crippen molar-refractivity contribution in [3.8, 4) is 17.6 Å². The van der Waals surface area contributed by atoms with Crippen LogP contribution in [-0.4, -0.2) is 19.0 Å². The third-order valence-electron chi connectivity index (χ3n) is 5.05. The lowest BCUT2D eigenvalue weighted by Gasteiger charge is -2.37. The first kappa shape index (κ1) is 21.3. The highest BCUT2D eigenvalue weighted by Crippen LogP contribution is 2.50. The third kappa shape index (κ3) is 3.99. The molecule has 1 atom stereocenters. The standard InChI is InChI=1S/C22H25BrN2O4/c1-5-27-16-7-12(14(23)8-17(16)28-6-2)19-13(11-24)21(25)29-18-10-22(3,4)9-15(26)20(18)19/h7-8,19H,5-6,9-10,25H2,1-4H3. The topological polar surface area (TPSA) is 94.6 Å². The largest absolute Gasteiger partial charge is 0.490 e. The van der Waals surface area contributed by atoms with Crippen LogP contribution in [0, 0.1) is 16.7 Å². The summed E-state index contributed by atoms with van der Waals surface area (Å²) in [4.78, 5) is 13.1. The van der Waals surface area contributed by atoms with Crippen molar-refractivity contribution >= 4 is 21.7 Å². The molecule has 7 heteroatoms. The number of hydrogen-bond acceptors (Lipinski definition) is 6. The summed E-state index contributed by atoms with van der Waals surface area (Å²) in [5.74, 6) is 1.10. The molecule has 2 N–H and O–H groups in total. The Morgan fingerprint density at radius 2 is 1.86 bits per heavy atom. The molecular formula is C22H25BrN2O4. The Labute approximate surface area is 179 Å². The Balaban J connectivity index is 2.22. The van der Waals surface area contributed by atoms with Crippen molar-refractivity contribution in [1.82, 2.24) is 0 Å². The molecule has 0 aromatic heterocycles. The molecule has 0 spiro atoms. The highest BCUT2D eigenvalue weighted by Gasteiger charge is 2.43. The second kappa shape index (κ2) is 8.11. The number of carbonyl (C=O) groups is 1. The van der Waals surface area contributed by atoms with E-state index in [0.29, 0.717) is 53.4 Å². The summed E-state index contributed by atoms with van der Waals surface area (Å²) in [6.45, 7) is 8.77. The monoisotopic (exact) mass is 460 g/mol. The zero-order valence-electron chi connectivity index (χ0n) is 17.1. The lowest BCUT2D eigenvalue weighted by atomic mass is 9.70. The predicted molar refractivity (Wildman–Crippen MR) is 112 cm³/mol. The first-order valence-corrected chi connectivity index (χ1v) is 10.4. The number of carbonyl (C=O) groups excluding carboxylic acids is 1. The molecule has 0 radical (unpaired) electrons. The van der Waals surface area contributed by atoms with Crippen LogP contribution in [0.5, 0.6) is 11.5 Å². The zero-order chi connectivity index (χ0) is 21.3. The van der Waals surface area contributed by atoms with E-state index in [4.69, 9.17) is 19.9 Å². The molecule has 0 amide bonds. The number of ketones is 1. The van der Waals surface area contributed by atoms with Crippen LogP contribution < -0.4 is 15.2 Å². The molecule has 1 aliphatic heterocycles. The molecule has 1 heterocycles. The summed E-state index contributed by atoms with van der Waals surface area (Å²) in [7, 11) is 0. The van der Waals surface area contributed by atoms with Gasteiger partial charge in [0.2, 0.25) is 5.88 Å². The number of ether oxygens (including phenoxy) is 3. The number of Topliss-reactive ketones (excluding diaryl/α,β-unsaturated/α-hetero) is 1. The van der Waals surface area contributed by atoms with Gasteiger partial charge in [0.05, 0.1) is 19.1 Å². The van der Waals surface area contributed by atoms with E-state index in [2.05, 4.69) is 22.0 Å². The van der Waals surface area contributed by atoms with Crippen LogP contribution in [0.1, 0.15) is 52.0 Å². The minimum absolute atomic E-state index is 0.0276. The minimum Gasteiger partial charge on any atom is -0.490 e. The number of hydrogen-bond donors (Lipinski definition) is 1. The van der Waals surface area contributed by atoms with Gasteiger partial charge in [0, 0.05) is 22.9 Å². The molecule has 2 aliphatic rings. The Morgan fingerprint density at radius 3 is 2.45 bits per heavy atom. The SMILES string of the molecule is CCOc1cc(Br)c(C2C(C#N)=C(N)OC3=C2C(=O)CC(C)(C)C3)cc1OCC. The van der Waals surface area contributed by atoms with Crippen molar-refractivity contribution in [3.05, 3.63) is 45.0 Å². The minimum atomic E-state index is -0.614. The maximum Gasteiger partial charge on any atom is 0.205 e. The van der Waals surface area contributed by atoms with Gasteiger partial charge in [-0.2, -0.15) is 5.26 Å². The lowest BCUT2D eigenvalue weighted by molar-refractivity contribution is -0.119. The summed E-state index contributed by atoms with van der Waals surface area (Å²) < 4.78 is 17.9. The summed E-state index contributed by atoms with van der Waals surface area (Å²) >= 11 is 3.59. The number of nitrogens with zero attached hydrogens (tertiary/aromatic N) is 1. The fourth-order valence-corrected chi connectivity index (χ4v) is 4.46. The van der Waals surface area contributed by atoms with Crippen LogP contribution in [0.3, 0.4) is 0 Å². The summed E-state index contributed by atoms with van der Waals surface area (Å²) in [5, 5.41) is 9.80. The third-order valence-corrected chi connectivity index (χ3v) is 5.74. The molecule has 0 fully saturated rings. The maximum atomic E-state index is 13.1. The van der Waals surface area contributed by atoms with Gasteiger partial charge in [-0.25, -0.2) is 0 Å². The van der Waals surface area contributed by atoms with E-state index in [1.807, 2.05) is 39.8 Å². The second-order valence-corrected chi connectivity index (χ2v) is 8.74. The van der Waals surface area contributed by atoms with E-state index in [1.165, 1.54) is 0 Å². The smallest absolute Gasteiger partial charge is 0.205 e. The van der Waals surface area contributed by atoms with Crippen LogP contribution in [0.15, 0.2) is 39.4 Å². The van der Waals surface area contributed by atoms with Gasteiger partial charge in [0.25, 0.3) is 0 Å². The summed E-state index contributed by atoms with van der Waals surface area (Å²) in [6.07, 6.45) is 0.966. The van der Waals surface area contributed by atoms with Gasteiger partial charge in [0.1, 0.15) is 17.4 Å². The van der Waals surface area contributed by atoms with Gasteiger partial charge >= 0.3 is 0 Å². The van der Waals surface area contributed by atoms with Crippen LogP contribution in [0.25, 0.3) is 0 Å². The predicted octanol–water partition coefficient (Wildman–Crippen LogP) is 4.70. The molecule has 0 saturated heterocycles. The fourth-order valence-electron chi connectivity index (χ4n) is 3.90. The molecule has 154 valence electrons. The van der Waals surface area contributed by atoms with E-state index < -0.39 is 5.92 Å². The number of nitriles is 1. The van der Waals surface area contributed by atoms with E-state index >= 15 is 0 Å². The normalized spacial score (nSPS) is 20.7. The van der Waals surface area contributed by atoms with Crippen molar-refractivity contribution in [2.45, 2.75) is 46.5 Å². The van der Waals surface area contributed by atoms with Crippen molar-refractivity contribution in [2.75, 3.05) is 13.2 Å². The van der Waals surface area contributed by atoms with Gasteiger partial charge in [-0.3, -0.25) is 4.79 Å². The highest BCUT2D eigenvalue weighted by atomic mass is 79.9. The fraction of sp³-hybridized carbons (Fsp3) is 0.455. The van der Waals surface area contributed by atoms with E-state index in [0.717, 1.165) is 5.56 Å². The molecule has 0 bridgehead atoms. The van der Waals surface area contributed by atoms with Gasteiger partial charge in [-0.15, -0.1) is 0 Å². The number of allylic oxidation sites excluding steroid dienone is 3. The first-order chi connectivity index (χ1) is 13.7. The molecule has 29 heavy (non-hydrogen) atoms. The number of nitrogens with two attached hydrogens (primary N) is 1. The van der Waals surface area contributed by atoms with E-state index in [-0.39, 0.29) is 22.7 Å². The molecule has 1 unspecified atom stereocenters. The zero-order valence-corrected chi connectivity index (χ0v) is 18.7. The first-order valence-electron chi connectivity index (χ1n) is 9.65. The van der Waals surface area contributed by atoms with Gasteiger partial charge in [0.15, 0.2) is 17.3 Å². The molecule has 6 nitrogen and oxygen atoms in total. The van der Waals surface area contributed by atoms with Crippen LogP contribution in [0.4, 0.5) is 0 Å². The molecule has 3 rings (SSSR count). The van der Waals surface area contributed by atoms with Gasteiger partial charge in [-0.1, -0.05) is 29.8 Å². The average Bonchev–Trinajstić information content (AvgIpc) is 2.62. The highest BCUT2D eigenvalue weighted by molar-refractivity contribution is 9.10. The van der Waals surface area contributed by atoms with Crippen LogP contribution in [0.2, 0.25) is 0 Å². The number of halogens is 1. The average molecular weight is 461 g/mol. The molecule has 0 saturated carbocycles. The van der Waals surface area contributed by atoms with Crippen molar-refractivity contribution in [2.24, 2.45) is 11.1 Å². The van der Waals surface area contributed by atoms with Gasteiger partial charge < -0.3 is 19.9 Å². The number of rotatable bonds is 5. The van der Waals surface area contributed by atoms with E-state index in [9.17, 15) is 10.1 Å². The second-order valence-electron chi connectivity index (χ2n) is 7.89. The Morgan fingerprint density at radius 1 is 1.24 bits per heavy atom. The van der Waals surface area contributed by atoms with Crippen LogP contribution in [-0.2, 0) is 9.53 Å². The Bertz CT molecular complexity index is 956. The summed E-state index contributed by atoms with van der Waals surface area (Å²) in [6, 6.07) is 5.77. The van der Waals surface area contributed by atoms with Crippen LogP contribution >= 0.6 is 15.9 Å². The molecular weight excluding hydrogens is 436 g/mol.